The van der Waals surface area contributed by atoms with Crippen LogP contribution < -0.4 is 0 Å². The molecule has 0 saturated carbocycles. The van der Waals surface area contributed by atoms with E-state index in [9.17, 15) is 13.0 Å². The van der Waals surface area contributed by atoms with Gasteiger partial charge < -0.3 is 0 Å². The van der Waals surface area contributed by atoms with E-state index in [0.717, 1.165) is 38.5 Å². The number of hydrogen-bond acceptors (Lipinski definition) is 2. The smallest absolute Gasteiger partial charge is 0.270 e. The quantitative estimate of drug-likeness (QED) is 0.137. The Hall–Kier alpha value is -0.0900. The van der Waals surface area contributed by atoms with E-state index in [4.69, 9.17) is 0 Å². The molecular formula is C25H52O3S. The van der Waals surface area contributed by atoms with Crippen LogP contribution in [0.5, 0.6) is 0 Å². The number of rotatable bonds is 22. The van der Waals surface area contributed by atoms with E-state index in [-0.39, 0.29) is 0 Å². The Morgan fingerprint density at radius 3 is 0.966 bits per heavy atom. The van der Waals surface area contributed by atoms with E-state index in [1.165, 1.54) is 77.0 Å². The molecule has 1 N–H and O–H groups in total. The highest BCUT2D eigenvalue weighted by atomic mass is 32.2. The van der Waals surface area contributed by atoms with Crippen molar-refractivity contribution in [2.24, 2.45) is 0 Å². The molecule has 0 aliphatic rings. The topological polar surface area (TPSA) is 54.4 Å². The Kier molecular flexibility index (Phi) is 18.6. The summed E-state index contributed by atoms with van der Waals surface area (Å²) < 4.78 is 34.3. The first-order valence-corrected chi connectivity index (χ1v) is 14.3. The summed E-state index contributed by atoms with van der Waals surface area (Å²) in [7, 11) is -4.02. The lowest BCUT2D eigenvalue weighted by Crippen LogP contribution is -2.38. The van der Waals surface area contributed by atoms with Crippen LogP contribution in [-0.2, 0) is 10.1 Å². The van der Waals surface area contributed by atoms with Crippen LogP contribution in [0.3, 0.4) is 0 Å². The second-order valence-corrected chi connectivity index (χ2v) is 11.0. The largest absolute Gasteiger partial charge is 0.285 e. The van der Waals surface area contributed by atoms with Crippen molar-refractivity contribution in [3.05, 3.63) is 0 Å². The van der Waals surface area contributed by atoms with Gasteiger partial charge >= 0.3 is 0 Å². The van der Waals surface area contributed by atoms with Crippen molar-refractivity contribution in [2.45, 2.75) is 160 Å². The zero-order chi connectivity index (χ0) is 21.8. The van der Waals surface area contributed by atoms with E-state index in [0.29, 0.717) is 19.3 Å². The molecule has 0 amide bonds. The summed E-state index contributed by atoms with van der Waals surface area (Å²) in [6, 6.07) is 0. The summed E-state index contributed by atoms with van der Waals surface area (Å²) in [5.41, 5.74) is 0. The van der Waals surface area contributed by atoms with Crippen molar-refractivity contribution in [3.8, 4) is 0 Å². The minimum atomic E-state index is -4.02. The highest BCUT2D eigenvalue weighted by molar-refractivity contribution is 7.87. The molecule has 0 fully saturated rings. The lowest BCUT2D eigenvalue weighted by Gasteiger charge is -2.31. The van der Waals surface area contributed by atoms with E-state index >= 15 is 0 Å². The predicted octanol–water partition coefficient (Wildman–Crippen LogP) is 8.86. The standard InChI is InChI=1S/C25H52O3S/c1-4-7-10-13-16-19-22-25(29(26,27)28,23-20-17-14-11-8-5-2)24-21-18-15-12-9-6-3/h4-24H2,1-3H3,(H,26,27,28). The van der Waals surface area contributed by atoms with Crippen LogP contribution in [0.4, 0.5) is 0 Å². The van der Waals surface area contributed by atoms with Crippen molar-refractivity contribution in [3.63, 3.8) is 0 Å². The highest BCUT2D eigenvalue weighted by Gasteiger charge is 2.41. The normalized spacial score (nSPS) is 12.6. The van der Waals surface area contributed by atoms with E-state index < -0.39 is 14.9 Å². The minimum absolute atomic E-state index is 0.641. The van der Waals surface area contributed by atoms with Crippen molar-refractivity contribution in [1.29, 1.82) is 0 Å². The van der Waals surface area contributed by atoms with Crippen molar-refractivity contribution in [2.75, 3.05) is 0 Å². The first kappa shape index (κ1) is 28.9. The number of unbranched alkanes of at least 4 members (excludes halogenated alkanes) is 15. The molecule has 3 nitrogen and oxygen atoms in total. The fraction of sp³-hybridized carbons (Fsp3) is 1.00. The Labute approximate surface area is 183 Å². The molecule has 176 valence electrons. The second kappa shape index (κ2) is 18.7. The molecule has 0 saturated heterocycles. The van der Waals surface area contributed by atoms with Crippen molar-refractivity contribution in [1.82, 2.24) is 0 Å². The lowest BCUT2D eigenvalue weighted by atomic mass is 9.88. The molecule has 0 radical (unpaired) electrons. The van der Waals surface area contributed by atoms with Gasteiger partial charge in [0.25, 0.3) is 10.1 Å². The van der Waals surface area contributed by atoms with Gasteiger partial charge in [0, 0.05) is 0 Å². The van der Waals surface area contributed by atoms with E-state index in [1.807, 2.05) is 0 Å². The van der Waals surface area contributed by atoms with Crippen LogP contribution in [-0.4, -0.2) is 17.7 Å². The summed E-state index contributed by atoms with van der Waals surface area (Å²) in [5.74, 6) is 0. The molecule has 0 heterocycles. The van der Waals surface area contributed by atoms with Crippen LogP contribution in [0.2, 0.25) is 0 Å². The summed E-state index contributed by atoms with van der Waals surface area (Å²) in [4.78, 5) is 0. The van der Waals surface area contributed by atoms with Gasteiger partial charge in [-0.15, -0.1) is 0 Å². The van der Waals surface area contributed by atoms with Gasteiger partial charge in [-0.1, -0.05) is 136 Å². The van der Waals surface area contributed by atoms with Crippen LogP contribution in [0.25, 0.3) is 0 Å². The Bertz CT molecular complexity index is 404. The number of hydrogen-bond donors (Lipinski definition) is 1. The van der Waals surface area contributed by atoms with Gasteiger partial charge in [-0.05, 0) is 19.3 Å². The first-order valence-electron chi connectivity index (χ1n) is 12.9. The molecule has 0 aliphatic carbocycles. The molecule has 0 aliphatic heterocycles. The van der Waals surface area contributed by atoms with Gasteiger partial charge in [0.2, 0.25) is 0 Å². The highest BCUT2D eigenvalue weighted by Crippen LogP contribution is 2.36. The fourth-order valence-corrected chi connectivity index (χ4v) is 5.65. The van der Waals surface area contributed by atoms with Crippen molar-refractivity contribution < 1.29 is 13.0 Å². The van der Waals surface area contributed by atoms with Gasteiger partial charge in [0.15, 0.2) is 0 Å². The van der Waals surface area contributed by atoms with Gasteiger partial charge in [-0.25, -0.2) is 0 Å². The molecule has 4 heteroatoms. The van der Waals surface area contributed by atoms with Crippen LogP contribution in [0, 0.1) is 0 Å². The summed E-state index contributed by atoms with van der Waals surface area (Å²) >= 11 is 0. The Morgan fingerprint density at radius 2 is 0.724 bits per heavy atom. The molecule has 29 heavy (non-hydrogen) atoms. The maximum Gasteiger partial charge on any atom is 0.270 e. The van der Waals surface area contributed by atoms with E-state index in [2.05, 4.69) is 20.8 Å². The Balaban J connectivity index is 4.72. The van der Waals surface area contributed by atoms with Crippen LogP contribution in [0.1, 0.15) is 156 Å². The third kappa shape index (κ3) is 14.5. The molecule has 0 unspecified atom stereocenters. The maximum atomic E-state index is 12.5. The monoisotopic (exact) mass is 432 g/mol. The zero-order valence-electron chi connectivity index (χ0n) is 20.0. The van der Waals surface area contributed by atoms with Crippen LogP contribution in [0.15, 0.2) is 0 Å². The summed E-state index contributed by atoms with van der Waals surface area (Å²) in [6.07, 6.45) is 22.7. The first-order chi connectivity index (χ1) is 13.9. The molecule has 0 aromatic rings. The molecule has 0 aromatic heterocycles. The molecule has 0 spiro atoms. The third-order valence-electron chi connectivity index (χ3n) is 6.51. The molecule has 0 aromatic carbocycles. The molecule has 0 bridgehead atoms. The summed E-state index contributed by atoms with van der Waals surface area (Å²) in [5, 5.41) is 0. The maximum absolute atomic E-state index is 12.5. The zero-order valence-corrected chi connectivity index (χ0v) is 20.8. The average Bonchev–Trinajstić information content (AvgIpc) is 2.68. The Morgan fingerprint density at radius 1 is 0.483 bits per heavy atom. The van der Waals surface area contributed by atoms with E-state index in [1.54, 1.807) is 0 Å². The minimum Gasteiger partial charge on any atom is -0.285 e. The molecular weight excluding hydrogens is 380 g/mol. The van der Waals surface area contributed by atoms with Crippen LogP contribution >= 0.6 is 0 Å². The fourth-order valence-electron chi connectivity index (χ4n) is 4.44. The summed E-state index contributed by atoms with van der Waals surface area (Å²) in [6.45, 7) is 6.64. The lowest BCUT2D eigenvalue weighted by molar-refractivity contribution is 0.343. The van der Waals surface area contributed by atoms with Crippen molar-refractivity contribution >= 4 is 10.1 Å². The van der Waals surface area contributed by atoms with Gasteiger partial charge in [-0.2, -0.15) is 8.42 Å². The average molecular weight is 433 g/mol. The SMILES string of the molecule is CCCCCCCCC(CCCCCCCC)(CCCCCCCC)S(=O)(=O)O. The molecule has 0 rings (SSSR count). The third-order valence-corrected chi connectivity index (χ3v) is 8.21. The predicted molar refractivity (Wildman–Crippen MR) is 128 cm³/mol. The second-order valence-electron chi connectivity index (χ2n) is 9.21. The van der Waals surface area contributed by atoms with Gasteiger partial charge in [0.1, 0.15) is 0 Å². The van der Waals surface area contributed by atoms with Gasteiger partial charge in [-0.3, -0.25) is 4.55 Å². The van der Waals surface area contributed by atoms with Gasteiger partial charge in [0.05, 0.1) is 4.75 Å². The molecule has 0 atom stereocenters.